The molecule has 0 saturated heterocycles. The maximum absolute atomic E-state index is 12.5. The lowest BCUT2D eigenvalue weighted by atomic mass is 9.87. The largest absolute Gasteiger partial charge is 0.474 e. The van der Waals surface area contributed by atoms with Crippen molar-refractivity contribution in [3.8, 4) is 5.88 Å². The molecule has 184 valence electrons. The number of hydrogen-bond donors (Lipinski definition) is 2. The number of nitrogens with one attached hydrogen (secondary N) is 2. The van der Waals surface area contributed by atoms with Crippen molar-refractivity contribution in [2.45, 2.75) is 51.6 Å². The normalized spacial score (nSPS) is 17.6. The van der Waals surface area contributed by atoms with E-state index in [0.717, 1.165) is 31.4 Å². The number of nitrogens with zero attached hydrogens (tertiary/aromatic N) is 3. The second kappa shape index (κ2) is 11.0. The third-order valence-electron chi connectivity index (χ3n) is 5.94. The summed E-state index contributed by atoms with van der Waals surface area (Å²) in [6, 6.07) is 11.4. The Balaban J connectivity index is 1.27. The molecule has 35 heavy (non-hydrogen) atoms. The molecule has 2 heterocycles. The van der Waals surface area contributed by atoms with Crippen LogP contribution < -0.4 is 15.4 Å². The van der Waals surface area contributed by atoms with Gasteiger partial charge in [0.15, 0.2) is 0 Å². The molecular formula is C25H29N5O5. The summed E-state index contributed by atoms with van der Waals surface area (Å²) in [6.45, 7) is 4.25. The van der Waals surface area contributed by atoms with E-state index in [1.54, 1.807) is 12.1 Å². The average molecular weight is 480 g/mol. The van der Waals surface area contributed by atoms with Crippen LogP contribution in [0, 0.1) is 5.92 Å². The predicted octanol–water partition coefficient (Wildman–Crippen LogP) is 4.69. The number of esters is 1. The zero-order chi connectivity index (χ0) is 24.8. The summed E-state index contributed by atoms with van der Waals surface area (Å²) in [5, 5.41) is 13.4. The minimum absolute atomic E-state index is 0.00487. The van der Waals surface area contributed by atoms with Crippen LogP contribution in [0.15, 0.2) is 47.0 Å². The van der Waals surface area contributed by atoms with Gasteiger partial charge >= 0.3 is 23.8 Å². The fraction of sp³-hybridized carbons (Fsp3) is 0.400. The molecule has 1 fully saturated rings. The standard InChI is InChI=1S/C25H29N5O5/c1-15(2)16-4-8-18(9-5-16)28-25-30-29-23(35-25)22(31)27-19-10-13-21(26-14-19)34-20-11-6-17(7-12-20)24(32)33-3/h4-5,8-10,13-15,17,20H,6-7,11-12H2,1-3H3,(H,27,31)(H,28,30). The van der Waals surface area contributed by atoms with Crippen molar-refractivity contribution in [3.63, 3.8) is 0 Å². The zero-order valence-electron chi connectivity index (χ0n) is 20.0. The molecular weight excluding hydrogens is 450 g/mol. The van der Waals surface area contributed by atoms with Gasteiger partial charge in [0.2, 0.25) is 5.88 Å². The van der Waals surface area contributed by atoms with Gasteiger partial charge in [0, 0.05) is 11.8 Å². The van der Waals surface area contributed by atoms with Crippen molar-refractivity contribution < 1.29 is 23.5 Å². The molecule has 2 aromatic heterocycles. The van der Waals surface area contributed by atoms with Crippen LogP contribution in [-0.4, -0.2) is 40.3 Å². The molecule has 0 bridgehead atoms. The molecule has 1 amide bonds. The molecule has 10 nitrogen and oxygen atoms in total. The second-order valence-electron chi connectivity index (χ2n) is 8.77. The first-order chi connectivity index (χ1) is 16.9. The van der Waals surface area contributed by atoms with Crippen molar-refractivity contribution >= 4 is 29.3 Å². The Hall–Kier alpha value is -3.95. The van der Waals surface area contributed by atoms with Gasteiger partial charge in [0.1, 0.15) is 6.10 Å². The lowest BCUT2D eigenvalue weighted by molar-refractivity contribution is -0.147. The minimum Gasteiger partial charge on any atom is -0.474 e. The van der Waals surface area contributed by atoms with E-state index in [2.05, 4.69) is 39.7 Å². The van der Waals surface area contributed by atoms with E-state index in [1.165, 1.54) is 18.9 Å². The summed E-state index contributed by atoms with van der Waals surface area (Å²) in [5.74, 6) is -0.0446. The quantitative estimate of drug-likeness (QED) is 0.442. The fourth-order valence-electron chi connectivity index (χ4n) is 3.90. The summed E-state index contributed by atoms with van der Waals surface area (Å²) in [5.41, 5.74) is 2.47. The fourth-order valence-corrected chi connectivity index (χ4v) is 3.90. The number of pyridine rings is 1. The number of methoxy groups -OCH3 is 1. The summed E-state index contributed by atoms with van der Waals surface area (Å²) >= 11 is 0. The highest BCUT2D eigenvalue weighted by Crippen LogP contribution is 2.28. The second-order valence-corrected chi connectivity index (χ2v) is 8.77. The van der Waals surface area contributed by atoms with Crippen molar-refractivity contribution in [2.24, 2.45) is 5.92 Å². The van der Waals surface area contributed by atoms with Crippen molar-refractivity contribution in [1.29, 1.82) is 0 Å². The topological polar surface area (TPSA) is 128 Å². The van der Waals surface area contributed by atoms with E-state index in [1.807, 2.05) is 24.3 Å². The van der Waals surface area contributed by atoms with Gasteiger partial charge in [-0.2, -0.15) is 0 Å². The summed E-state index contributed by atoms with van der Waals surface area (Å²) in [7, 11) is 1.41. The van der Waals surface area contributed by atoms with E-state index in [-0.39, 0.29) is 29.9 Å². The summed E-state index contributed by atoms with van der Waals surface area (Å²) in [6.07, 6.45) is 4.48. The van der Waals surface area contributed by atoms with Crippen LogP contribution in [0.3, 0.4) is 0 Å². The molecule has 1 saturated carbocycles. The van der Waals surface area contributed by atoms with E-state index in [0.29, 0.717) is 17.5 Å². The maximum atomic E-state index is 12.5. The van der Waals surface area contributed by atoms with Gasteiger partial charge in [0.05, 0.1) is 24.9 Å². The Morgan fingerprint density at radius 3 is 2.34 bits per heavy atom. The number of benzene rings is 1. The van der Waals surface area contributed by atoms with E-state index >= 15 is 0 Å². The Morgan fingerprint density at radius 1 is 1.00 bits per heavy atom. The van der Waals surface area contributed by atoms with Crippen LogP contribution in [0.2, 0.25) is 0 Å². The monoisotopic (exact) mass is 479 g/mol. The smallest absolute Gasteiger partial charge is 0.320 e. The highest BCUT2D eigenvalue weighted by Gasteiger charge is 2.28. The highest BCUT2D eigenvalue weighted by molar-refractivity contribution is 6.00. The first kappa shape index (κ1) is 24.2. The summed E-state index contributed by atoms with van der Waals surface area (Å²) in [4.78, 5) is 28.4. The number of rotatable bonds is 8. The molecule has 0 radical (unpaired) electrons. The number of anilines is 3. The van der Waals surface area contributed by atoms with Gasteiger partial charge in [-0.1, -0.05) is 31.1 Å². The maximum Gasteiger partial charge on any atom is 0.320 e. The molecule has 10 heteroatoms. The number of ether oxygens (including phenoxy) is 2. The van der Waals surface area contributed by atoms with E-state index in [4.69, 9.17) is 13.9 Å². The molecule has 0 unspecified atom stereocenters. The Kier molecular flexibility index (Phi) is 7.59. The lowest BCUT2D eigenvalue weighted by Crippen LogP contribution is -2.28. The average Bonchev–Trinajstić information content (AvgIpc) is 3.34. The van der Waals surface area contributed by atoms with Crippen LogP contribution in [0.5, 0.6) is 5.88 Å². The van der Waals surface area contributed by atoms with Crippen LogP contribution in [0.4, 0.5) is 17.4 Å². The van der Waals surface area contributed by atoms with Crippen LogP contribution in [0.1, 0.15) is 61.7 Å². The molecule has 0 spiro atoms. The molecule has 0 aliphatic heterocycles. The number of hydrogen-bond acceptors (Lipinski definition) is 9. The Bertz CT molecular complexity index is 1140. The van der Waals surface area contributed by atoms with Crippen LogP contribution in [0.25, 0.3) is 0 Å². The van der Waals surface area contributed by atoms with Gasteiger partial charge in [-0.25, -0.2) is 4.98 Å². The van der Waals surface area contributed by atoms with Crippen molar-refractivity contribution in [2.75, 3.05) is 17.7 Å². The predicted molar refractivity (Wildman–Crippen MR) is 129 cm³/mol. The van der Waals surface area contributed by atoms with Crippen molar-refractivity contribution in [1.82, 2.24) is 15.2 Å². The van der Waals surface area contributed by atoms with E-state index < -0.39 is 5.91 Å². The number of aromatic nitrogens is 3. The van der Waals surface area contributed by atoms with Gasteiger partial charge in [-0.3, -0.25) is 9.59 Å². The molecule has 1 aliphatic rings. The molecule has 3 aromatic rings. The first-order valence-corrected chi connectivity index (χ1v) is 11.6. The number of carbonyl (C=O) groups excluding carboxylic acids is 2. The van der Waals surface area contributed by atoms with Gasteiger partial charge in [0.25, 0.3) is 0 Å². The van der Waals surface area contributed by atoms with Gasteiger partial charge in [-0.05, 0) is 55.4 Å². The number of amides is 1. The molecule has 1 aromatic carbocycles. The van der Waals surface area contributed by atoms with E-state index in [9.17, 15) is 9.59 Å². The molecule has 1 aliphatic carbocycles. The third-order valence-corrected chi connectivity index (χ3v) is 5.94. The number of carbonyl (C=O) groups is 2. The highest BCUT2D eigenvalue weighted by atomic mass is 16.5. The van der Waals surface area contributed by atoms with Crippen LogP contribution >= 0.6 is 0 Å². The Morgan fingerprint density at radius 2 is 1.71 bits per heavy atom. The molecule has 0 atom stereocenters. The zero-order valence-corrected chi connectivity index (χ0v) is 20.0. The Labute approximate surface area is 203 Å². The van der Waals surface area contributed by atoms with Crippen molar-refractivity contribution in [3.05, 3.63) is 54.0 Å². The first-order valence-electron chi connectivity index (χ1n) is 11.6. The SMILES string of the molecule is COC(=O)C1CCC(Oc2ccc(NC(=O)c3nnc(Nc4ccc(C(C)C)cc4)o3)cn2)CC1. The third kappa shape index (κ3) is 6.34. The lowest BCUT2D eigenvalue weighted by Gasteiger charge is -2.27. The van der Waals surface area contributed by atoms with Gasteiger partial charge < -0.3 is 24.5 Å². The van der Waals surface area contributed by atoms with Gasteiger partial charge in [-0.15, -0.1) is 5.10 Å². The van der Waals surface area contributed by atoms with Crippen LogP contribution in [-0.2, 0) is 9.53 Å². The molecule has 2 N–H and O–H groups in total. The summed E-state index contributed by atoms with van der Waals surface area (Å²) < 4.78 is 16.2. The molecule has 4 rings (SSSR count). The minimum atomic E-state index is -0.544.